The Morgan fingerprint density at radius 1 is 1.53 bits per heavy atom. The van der Waals surface area contributed by atoms with Crippen LogP contribution in [-0.4, -0.2) is 54.0 Å². The molecule has 5 nitrogen and oxygen atoms in total. The summed E-state index contributed by atoms with van der Waals surface area (Å²) in [5.74, 6) is 0.440. The highest BCUT2D eigenvalue weighted by atomic mass is 16.6. The number of aliphatic hydroxyl groups excluding tert-OH is 1. The molecule has 2 N–H and O–H groups in total. The molecule has 0 aliphatic carbocycles. The summed E-state index contributed by atoms with van der Waals surface area (Å²) in [7, 11) is 0. The van der Waals surface area contributed by atoms with E-state index in [0.29, 0.717) is 5.92 Å². The lowest BCUT2D eigenvalue weighted by Gasteiger charge is -2.34. The Morgan fingerprint density at radius 3 is 2.79 bits per heavy atom. The summed E-state index contributed by atoms with van der Waals surface area (Å²) in [5, 5.41) is 12.3. The summed E-state index contributed by atoms with van der Waals surface area (Å²) in [6.07, 6.45) is 1.91. The van der Waals surface area contributed by atoms with E-state index in [4.69, 9.17) is 9.84 Å². The minimum Gasteiger partial charge on any atom is -0.444 e. The fraction of sp³-hybridized carbons (Fsp3) is 0.929. The average Bonchev–Trinajstić information content (AvgIpc) is 2.34. The van der Waals surface area contributed by atoms with E-state index in [1.807, 2.05) is 27.7 Å². The van der Waals surface area contributed by atoms with Gasteiger partial charge >= 0.3 is 6.09 Å². The second kappa shape index (κ2) is 7.10. The van der Waals surface area contributed by atoms with E-state index >= 15 is 0 Å². The standard InChI is InChI=1S/C14H28N2O3/c1-11(10-17)15-8-12-6-5-7-16(9-12)13(18)19-14(2,3)4/h11-12,15,17H,5-10H2,1-4H3/t11-,12?/m1/s1. The zero-order valence-electron chi connectivity index (χ0n) is 12.6. The van der Waals surface area contributed by atoms with E-state index < -0.39 is 5.60 Å². The summed E-state index contributed by atoms with van der Waals surface area (Å²) in [6.45, 7) is 10.1. The summed E-state index contributed by atoms with van der Waals surface area (Å²) < 4.78 is 5.40. The molecule has 1 fully saturated rings. The van der Waals surface area contributed by atoms with Gasteiger partial charge in [0.25, 0.3) is 0 Å². The number of hydrogen-bond acceptors (Lipinski definition) is 4. The third kappa shape index (κ3) is 6.25. The van der Waals surface area contributed by atoms with Gasteiger partial charge in [0.2, 0.25) is 0 Å². The van der Waals surface area contributed by atoms with Crippen LogP contribution in [0.25, 0.3) is 0 Å². The Kier molecular flexibility index (Phi) is 6.07. The molecule has 1 aliphatic rings. The van der Waals surface area contributed by atoms with Crippen LogP contribution in [0.5, 0.6) is 0 Å². The molecule has 112 valence electrons. The van der Waals surface area contributed by atoms with Crippen LogP contribution in [-0.2, 0) is 4.74 Å². The van der Waals surface area contributed by atoms with Crippen molar-refractivity contribution in [3.05, 3.63) is 0 Å². The number of rotatable bonds is 4. The average molecular weight is 272 g/mol. The van der Waals surface area contributed by atoms with E-state index in [0.717, 1.165) is 32.5 Å². The van der Waals surface area contributed by atoms with Gasteiger partial charge in [0.1, 0.15) is 5.60 Å². The number of likely N-dealkylation sites (tertiary alicyclic amines) is 1. The van der Waals surface area contributed by atoms with Gasteiger partial charge in [-0.1, -0.05) is 0 Å². The molecule has 1 aliphatic heterocycles. The van der Waals surface area contributed by atoms with Crippen LogP contribution < -0.4 is 5.32 Å². The third-order valence-electron chi connectivity index (χ3n) is 3.20. The zero-order chi connectivity index (χ0) is 14.5. The summed E-state index contributed by atoms with van der Waals surface area (Å²) in [5.41, 5.74) is -0.437. The van der Waals surface area contributed by atoms with Gasteiger partial charge in [-0.05, 0) is 53.0 Å². The molecule has 0 saturated carbocycles. The zero-order valence-corrected chi connectivity index (χ0v) is 12.6. The summed E-state index contributed by atoms with van der Waals surface area (Å²) >= 11 is 0. The highest BCUT2D eigenvalue weighted by molar-refractivity contribution is 5.68. The minimum atomic E-state index is -0.437. The summed E-state index contributed by atoms with van der Waals surface area (Å²) in [6, 6.07) is 0.108. The predicted molar refractivity (Wildman–Crippen MR) is 75.1 cm³/mol. The number of carbonyl (C=O) groups excluding carboxylic acids is 1. The first-order valence-electron chi connectivity index (χ1n) is 7.14. The van der Waals surface area contributed by atoms with Gasteiger partial charge in [-0.3, -0.25) is 0 Å². The molecular formula is C14H28N2O3. The number of aliphatic hydroxyl groups is 1. The Hall–Kier alpha value is -0.810. The number of piperidine rings is 1. The maximum Gasteiger partial charge on any atom is 0.410 e. The molecule has 0 aromatic carbocycles. The van der Waals surface area contributed by atoms with Crippen LogP contribution in [0.15, 0.2) is 0 Å². The smallest absolute Gasteiger partial charge is 0.410 e. The van der Waals surface area contributed by atoms with Crippen LogP contribution in [0.4, 0.5) is 4.79 Å². The highest BCUT2D eigenvalue weighted by Crippen LogP contribution is 2.18. The number of ether oxygens (including phenoxy) is 1. The molecule has 19 heavy (non-hydrogen) atoms. The molecular weight excluding hydrogens is 244 g/mol. The van der Waals surface area contributed by atoms with Crippen molar-refractivity contribution in [2.24, 2.45) is 5.92 Å². The molecule has 1 rings (SSSR count). The third-order valence-corrected chi connectivity index (χ3v) is 3.20. The molecule has 0 spiro atoms. The number of hydrogen-bond donors (Lipinski definition) is 2. The first-order valence-corrected chi connectivity index (χ1v) is 7.14. The number of carbonyl (C=O) groups is 1. The van der Waals surface area contributed by atoms with E-state index in [1.165, 1.54) is 0 Å². The highest BCUT2D eigenvalue weighted by Gasteiger charge is 2.27. The second-order valence-corrected chi connectivity index (χ2v) is 6.43. The minimum absolute atomic E-state index is 0.108. The maximum atomic E-state index is 12.0. The lowest BCUT2D eigenvalue weighted by atomic mass is 9.98. The Morgan fingerprint density at radius 2 is 2.21 bits per heavy atom. The van der Waals surface area contributed by atoms with Crippen molar-refractivity contribution in [1.29, 1.82) is 0 Å². The lowest BCUT2D eigenvalue weighted by Crippen LogP contribution is -2.46. The lowest BCUT2D eigenvalue weighted by molar-refractivity contribution is 0.0164. The van der Waals surface area contributed by atoms with Crippen molar-refractivity contribution >= 4 is 6.09 Å². The SMILES string of the molecule is C[C@H](CO)NCC1CCCN(C(=O)OC(C)(C)C)C1. The topological polar surface area (TPSA) is 61.8 Å². The van der Waals surface area contributed by atoms with Crippen LogP contribution in [0.2, 0.25) is 0 Å². The molecule has 1 unspecified atom stereocenters. The molecule has 0 bridgehead atoms. The normalized spacial score (nSPS) is 22.2. The van der Waals surface area contributed by atoms with Gasteiger partial charge in [-0.25, -0.2) is 4.79 Å². The van der Waals surface area contributed by atoms with Gasteiger partial charge < -0.3 is 20.1 Å². The maximum absolute atomic E-state index is 12.0. The predicted octanol–water partition coefficient (Wildman–Crippen LogP) is 1.60. The van der Waals surface area contributed by atoms with Gasteiger partial charge in [-0.2, -0.15) is 0 Å². The van der Waals surface area contributed by atoms with Crippen molar-refractivity contribution in [1.82, 2.24) is 10.2 Å². The van der Waals surface area contributed by atoms with Crippen molar-refractivity contribution in [2.45, 2.75) is 52.2 Å². The van der Waals surface area contributed by atoms with Crippen LogP contribution in [0.1, 0.15) is 40.5 Å². The Balaban J connectivity index is 2.39. The molecule has 2 atom stereocenters. The van der Waals surface area contributed by atoms with E-state index in [-0.39, 0.29) is 18.7 Å². The quantitative estimate of drug-likeness (QED) is 0.816. The Labute approximate surface area is 116 Å². The van der Waals surface area contributed by atoms with Crippen molar-refractivity contribution in [3.63, 3.8) is 0 Å². The van der Waals surface area contributed by atoms with Crippen molar-refractivity contribution in [3.8, 4) is 0 Å². The van der Waals surface area contributed by atoms with Gasteiger partial charge in [0.15, 0.2) is 0 Å². The number of nitrogens with zero attached hydrogens (tertiary/aromatic N) is 1. The van der Waals surface area contributed by atoms with Crippen molar-refractivity contribution in [2.75, 3.05) is 26.2 Å². The fourth-order valence-electron chi connectivity index (χ4n) is 2.16. The molecule has 0 radical (unpaired) electrons. The second-order valence-electron chi connectivity index (χ2n) is 6.43. The van der Waals surface area contributed by atoms with Gasteiger partial charge in [-0.15, -0.1) is 0 Å². The number of nitrogens with one attached hydrogen (secondary N) is 1. The first-order chi connectivity index (χ1) is 8.81. The van der Waals surface area contributed by atoms with Gasteiger partial charge in [0, 0.05) is 19.1 Å². The molecule has 5 heteroatoms. The fourth-order valence-corrected chi connectivity index (χ4v) is 2.16. The van der Waals surface area contributed by atoms with E-state index in [9.17, 15) is 4.79 Å². The molecule has 1 heterocycles. The van der Waals surface area contributed by atoms with E-state index in [1.54, 1.807) is 4.90 Å². The molecule has 1 amide bonds. The molecule has 1 saturated heterocycles. The van der Waals surface area contributed by atoms with Crippen molar-refractivity contribution < 1.29 is 14.6 Å². The van der Waals surface area contributed by atoms with E-state index in [2.05, 4.69) is 5.32 Å². The largest absolute Gasteiger partial charge is 0.444 e. The Bertz CT molecular complexity index is 289. The van der Waals surface area contributed by atoms with Crippen LogP contribution in [0, 0.1) is 5.92 Å². The van der Waals surface area contributed by atoms with Crippen LogP contribution in [0.3, 0.4) is 0 Å². The van der Waals surface area contributed by atoms with Crippen LogP contribution >= 0.6 is 0 Å². The molecule has 0 aromatic rings. The summed E-state index contributed by atoms with van der Waals surface area (Å²) in [4.78, 5) is 13.8. The van der Waals surface area contributed by atoms with Gasteiger partial charge in [0.05, 0.1) is 6.61 Å². The number of amides is 1. The molecule has 0 aromatic heterocycles. The first kappa shape index (κ1) is 16.2. The monoisotopic (exact) mass is 272 g/mol.